The van der Waals surface area contributed by atoms with E-state index in [1.54, 1.807) is 0 Å². The van der Waals surface area contributed by atoms with Gasteiger partial charge in [0.25, 0.3) is 5.69 Å². The summed E-state index contributed by atoms with van der Waals surface area (Å²) in [5.41, 5.74) is 0.636. The van der Waals surface area contributed by atoms with Gasteiger partial charge in [-0.2, -0.15) is 5.26 Å². The Morgan fingerprint density at radius 1 is 1.26 bits per heavy atom. The van der Waals surface area contributed by atoms with Crippen LogP contribution < -0.4 is 9.47 Å². The number of nitrogens with zero attached hydrogens (tertiary/aromatic N) is 2. The standard InChI is InChI=1S/C16H9FN2O4/c17-13-3-1-10(2-4-13)12(8-18)5-11-6-15-16(23-9-22-15)7-14(11)19(20)21/h1-7H,9H2. The SMILES string of the molecule is N#CC(=Cc1cc2c(cc1[N+](=O)[O-])OCO2)c1ccc(F)cc1. The van der Waals surface area contributed by atoms with Crippen molar-refractivity contribution in [3.8, 4) is 17.6 Å². The smallest absolute Gasteiger partial charge is 0.280 e. The number of fused-ring (bicyclic) bond motifs is 1. The van der Waals surface area contributed by atoms with Crippen molar-refractivity contribution in [1.82, 2.24) is 0 Å². The summed E-state index contributed by atoms with van der Waals surface area (Å²) in [6.45, 7) is -0.0112. The lowest BCUT2D eigenvalue weighted by Gasteiger charge is -2.03. The predicted octanol–water partition coefficient (Wildman–Crippen LogP) is 3.53. The highest BCUT2D eigenvalue weighted by atomic mass is 19.1. The molecule has 0 spiro atoms. The first-order chi connectivity index (χ1) is 11.1. The number of nitro benzene ring substituents is 1. The molecular weight excluding hydrogens is 303 g/mol. The van der Waals surface area contributed by atoms with Crippen LogP contribution in [0, 0.1) is 27.3 Å². The predicted molar refractivity (Wildman–Crippen MR) is 79.1 cm³/mol. The molecule has 0 N–H and O–H groups in total. The Labute approximate surface area is 130 Å². The highest BCUT2D eigenvalue weighted by Crippen LogP contribution is 2.39. The fourth-order valence-corrected chi connectivity index (χ4v) is 2.19. The summed E-state index contributed by atoms with van der Waals surface area (Å²) < 4.78 is 23.3. The molecular formula is C16H9FN2O4. The van der Waals surface area contributed by atoms with E-state index >= 15 is 0 Å². The van der Waals surface area contributed by atoms with Crippen molar-refractivity contribution in [2.45, 2.75) is 0 Å². The zero-order chi connectivity index (χ0) is 16.4. The number of benzene rings is 2. The molecule has 2 aromatic rings. The van der Waals surface area contributed by atoms with E-state index < -0.39 is 10.7 Å². The quantitative estimate of drug-likeness (QED) is 0.374. The Morgan fingerprint density at radius 2 is 1.91 bits per heavy atom. The molecule has 1 aliphatic rings. The van der Waals surface area contributed by atoms with Crippen LogP contribution in [0.3, 0.4) is 0 Å². The summed E-state index contributed by atoms with van der Waals surface area (Å²) >= 11 is 0. The lowest BCUT2D eigenvalue weighted by Crippen LogP contribution is -1.93. The van der Waals surface area contributed by atoms with Gasteiger partial charge in [0.1, 0.15) is 5.82 Å². The maximum Gasteiger partial charge on any atom is 0.280 e. The highest BCUT2D eigenvalue weighted by molar-refractivity contribution is 5.91. The number of rotatable bonds is 3. The van der Waals surface area contributed by atoms with E-state index in [0.717, 1.165) is 0 Å². The Hall–Kier alpha value is -3.40. The normalized spacial score (nSPS) is 12.8. The molecule has 0 amide bonds. The molecule has 0 aliphatic carbocycles. The van der Waals surface area contributed by atoms with Gasteiger partial charge < -0.3 is 9.47 Å². The molecule has 0 aromatic heterocycles. The molecule has 0 saturated carbocycles. The van der Waals surface area contributed by atoms with E-state index in [1.165, 1.54) is 42.5 Å². The van der Waals surface area contributed by atoms with Gasteiger partial charge in [-0.15, -0.1) is 0 Å². The van der Waals surface area contributed by atoms with Crippen LogP contribution in [0.15, 0.2) is 36.4 Å². The largest absolute Gasteiger partial charge is 0.454 e. The topological polar surface area (TPSA) is 85.4 Å². The molecule has 1 heterocycles. The first-order valence-corrected chi connectivity index (χ1v) is 6.54. The van der Waals surface area contributed by atoms with Crippen molar-refractivity contribution in [3.63, 3.8) is 0 Å². The zero-order valence-corrected chi connectivity index (χ0v) is 11.7. The molecule has 0 fully saturated rings. The van der Waals surface area contributed by atoms with Crippen LogP contribution in [0.4, 0.5) is 10.1 Å². The maximum absolute atomic E-state index is 13.0. The van der Waals surface area contributed by atoms with Crippen LogP contribution >= 0.6 is 0 Å². The molecule has 3 rings (SSSR count). The fourth-order valence-electron chi connectivity index (χ4n) is 2.19. The second-order valence-corrected chi connectivity index (χ2v) is 4.70. The molecule has 1 aliphatic heterocycles. The third-order valence-corrected chi connectivity index (χ3v) is 3.29. The van der Waals surface area contributed by atoms with Gasteiger partial charge in [0.2, 0.25) is 6.79 Å². The molecule has 0 atom stereocenters. The lowest BCUT2D eigenvalue weighted by atomic mass is 10.0. The summed E-state index contributed by atoms with van der Waals surface area (Å²) in [6, 6.07) is 9.97. The molecule has 7 heteroatoms. The Morgan fingerprint density at radius 3 is 2.52 bits per heavy atom. The Balaban J connectivity index is 2.11. The number of hydrogen-bond donors (Lipinski definition) is 0. The van der Waals surface area contributed by atoms with Crippen LogP contribution in [0.5, 0.6) is 11.5 Å². The van der Waals surface area contributed by atoms with Crippen LogP contribution in [-0.4, -0.2) is 11.7 Å². The van der Waals surface area contributed by atoms with Crippen molar-refractivity contribution < 1.29 is 18.8 Å². The van der Waals surface area contributed by atoms with Crippen molar-refractivity contribution in [2.75, 3.05) is 6.79 Å². The minimum absolute atomic E-state index is 0.0112. The number of halogens is 1. The van der Waals surface area contributed by atoms with E-state index in [2.05, 4.69) is 0 Å². The minimum Gasteiger partial charge on any atom is -0.454 e. The van der Waals surface area contributed by atoms with Crippen molar-refractivity contribution in [1.29, 1.82) is 5.26 Å². The summed E-state index contributed by atoms with van der Waals surface area (Å²) in [6.07, 6.45) is 1.37. The molecule has 114 valence electrons. The van der Waals surface area contributed by atoms with Gasteiger partial charge in [-0.1, -0.05) is 12.1 Å². The third-order valence-electron chi connectivity index (χ3n) is 3.29. The van der Waals surface area contributed by atoms with Crippen molar-refractivity contribution >= 4 is 17.3 Å². The molecule has 0 radical (unpaired) electrons. The van der Waals surface area contributed by atoms with E-state index in [9.17, 15) is 19.8 Å². The summed E-state index contributed by atoms with van der Waals surface area (Å²) in [5, 5.41) is 20.5. The van der Waals surface area contributed by atoms with Gasteiger partial charge >= 0.3 is 0 Å². The van der Waals surface area contributed by atoms with Crippen LogP contribution in [0.25, 0.3) is 11.6 Å². The fraction of sp³-hybridized carbons (Fsp3) is 0.0625. The number of ether oxygens (including phenoxy) is 2. The van der Waals surface area contributed by atoms with Crippen LogP contribution in [-0.2, 0) is 0 Å². The van der Waals surface area contributed by atoms with Gasteiger partial charge in [0.05, 0.1) is 28.2 Å². The van der Waals surface area contributed by atoms with Gasteiger partial charge in [0.15, 0.2) is 11.5 Å². The third kappa shape index (κ3) is 2.82. The minimum atomic E-state index is -0.562. The molecule has 2 aromatic carbocycles. The lowest BCUT2D eigenvalue weighted by molar-refractivity contribution is -0.385. The maximum atomic E-state index is 13.0. The second kappa shape index (κ2) is 5.77. The second-order valence-electron chi connectivity index (χ2n) is 4.70. The van der Waals surface area contributed by atoms with E-state index in [-0.39, 0.29) is 29.4 Å². The molecule has 23 heavy (non-hydrogen) atoms. The summed E-state index contributed by atoms with van der Waals surface area (Å²) in [7, 11) is 0. The van der Waals surface area contributed by atoms with Crippen molar-refractivity contribution in [3.05, 3.63) is 63.5 Å². The number of nitro groups is 1. The first kappa shape index (κ1) is 14.5. The Bertz CT molecular complexity index is 854. The summed E-state index contributed by atoms with van der Waals surface area (Å²) in [5.74, 6) is 0.229. The Kier molecular flexibility index (Phi) is 3.65. The average Bonchev–Trinajstić information content (AvgIpc) is 3.00. The average molecular weight is 312 g/mol. The molecule has 0 bridgehead atoms. The summed E-state index contributed by atoms with van der Waals surface area (Å²) in [4.78, 5) is 10.7. The van der Waals surface area contributed by atoms with E-state index in [1.807, 2.05) is 6.07 Å². The van der Waals surface area contributed by atoms with E-state index in [4.69, 9.17) is 9.47 Å². The zero-order valence-electron chi connectivity index (χ0n) is 11.7. The number of hydrogen-bond acceptors (Lipinski definition) is 5. The van der Waals surface area contributed by atoms with Gasteiger partial charge in [-0.25, -0.2) is 4.39 Å². The molecule has 0 unspecified atom stereocenters. The number of allylic oxidation sites excluding steroid dienone is 1. The monoisotopic (exact) mass is 312 g/mol. The van der Waals surface area contributed by atoms with Crippen LogP contribution in [0.2, 0.25) is 0 Å². The highest BCUT2D eigenvalue weighted by Gasteiger charge is 2.22. The van der Waals surface area contributed by atoms with Gasteiger partial charge in [-0.3, -0.25) is 10.1 Å². The molecule has 0 saturated heterocycles. The number of nitriles is 1. The van der Waals surface area contributed by atoms with Crippen molar-refractivity contribution in [2.24, 2.45) is 0 Å². The van der Waals surface area contributed by atoms with E-state index in [0.29, 0.717) is 11.3 Å². The molecule has 6 nitrogen and oxygen atoms in total. The van der Waals surface area contributed by atoms with Crippen LogP contribution in [0.1, 0.15) is 11.1 Å². The van der Waals surface area contributed by atoms with Gasteiger partial charge in [-0.05, 0) is 29.8 Å². The van der Waals surface area contributed by atoms with Gasteiger partial charge in [0, 0.05) is 0 Å². The first-order valence-electron chi connectivity index (χ1n) is 6.54.